The van der Waals surface area contributed by atoms with Crippen LogP contribution in [0.4, 0.5) is 0 Å². The second kappa shape index (κ2) is 3.78. The maximum atomic E-state index is 4.35. The highest BCUT2D eigenvalue weighted by molar-refractivity contribution is 6.00. The van der Waals surface area contributed by atoms with E-state index >= 15 is 0 Å². The molecule has 4 rings (SSSR count). The Hall–Kier alpha value is -1.95. The highest BCUT2D eigenvalue weighted by atomic mass is 15.4. The summed E-state index contributed by atoms with van der Waals surface area (Å²) < 4.78 is 2.18. The van der Waals surface area contributed by atoms with E-state index in [1.54, 1.807) is 12.4 Å². The quantitative estimate of drug-likeness (QED) is 0.673. The van der Waals surface area contributed by atoms with Crippen molar-refractivity contribution in [3.8, 4) is 0 Å². The van der Waals surface area contributed by atoms with Crippen molar-refractivity contribution in [1.82, 2.24) is 30.3 Å². The third kappa shape index (κ3) is 1.35. The molecule has 6 heteroatoms. The summed E-state index contributed by atoms with van der Waals surface area (Å²) in [6.07, 6.45) is 5.84. The number of pyridine rings is 1. The van der Waals surface area contributed by atoms with Gasteiger partial charge in [-0.2, -0.15) is 5.10 Å². The Kier molecular flexibility index (Phi) is 2.10. The van der Waals surface area contributed by atoms with E-state index in [-0.39, 0.29) is 0 Å². The molecule has 0 aromatic carbocycles. The highest BCUT2D eigenvalue weighted by Gasteiger charge is 2.19. The van der Waals surface area contributed by atoms with Crippen molar-refractivity contribution in [2.24, 2.45) is 0 Å². The number of aromatic nitrogens is 5. The fraction of sp³-hybridized carbons (Fsp3) is 0.417. The third-order valence-electron chi connectivity index (χ3n) is 3.68. The molecule has 0 unspecified atom stereocenters. The van der Waals surface area contributed by atoms with Crippen LogP contribution in [0, 0.1) is 0 Å². The third-order valence-corrected chi connectivity index (χ3v) is 3.68. The van der Waals surface area contributed by atoms with Crippen LogP contribution in [0.15, 0.2) is 18.5 Å². The number of piperidine rings is 1. The smallest absolute Gasteiger partial charge is 0.161 e. The minimum atomic E-state index is 0.483. The zero-order chi connectivity index (χ0) is 11.9. The molecule has 1 saturated heterocycles. The molecule has 6 nitrogen and oxygen atoms in total. The molecule has 2 N–H and O–H groups in total. The van der Waals surface area contributed by atoms with E-state index in [4.69, 9.17) is 0 Å². The van der Waals surface area contributed by atoms with Gasteiger partial charge in [-0.3, -0.25) is 4.68 Å². The fourth-order valence-corrected chi connectivity index (χ4v) is 2.76. The van der Waals surface area contributed by atoms with Crippen LogP contribution in [0.2, 0.25) is 0 Å². The summed E-state index contributed by atoms with van der Waals surface area (Å²) in [7, 11) is 0. The lowest BCUT2D eigenvalue weighted by molar-refractivity contribution is 0.345. The van der Waals surface area contributed by atoms with Crippen molar-refractivity contribution in [3.63, 3.8) is 0 Å². The van der Waals surface area contributed by atoms with Crippen LogP contribution in [-0.2, 0) is 0 Å². The van der Waals surface area contributed by atoms with Crippen molar-refractivity contribution in [2.45, 2.75) is 18.9 Å². The Morgan fingerprint density at radius 2 is 2.11 bits per heavy atom. The molecule has 0 amide bonds. The van der Waals surface area contributed by atoms with Crippen LogP contribution in [0.25, 0.3) is 22.1 Å². The summed E-state index contributed by atoms with van der Waals surface area (Å²) in [6.45, 7) is 2.12. The van der Waals surface area contributed by atoms with Crippen LogP contribution < -0.4 is 5.32 Å². The number of nitrogens with zero attached hydrogens (tertiary/aromatic N) is 4. The molecule has 0 atom stereocenters. The van der Waals surface area contributed by atoms with Crippen LogP contribution in [0.1, 0.15) is 18.9 Å². The predicted molar refractivity (Wildman–Crippen MR) is 68.3 cm³/mol. The Balaban J connectivity index is 1.96. The molecule has 0 saturated carbocycles. The first-order valence-electron chi connectivity index (χ1n) is 6.30. The Morgan fingerprint density at radius 1 is 1.22 bits per heavy atom. The lowest BCUT2D eigenvalue weighted by Gasteiger charge is -2.23. The number of aromatic amines is 1. The van der Waals surface area contributed by atoms with E-state index in [2.05, 4.69) is 30.3 Å². The van der Waals surface area contributed by atoms with E-state index in [9.17, 15) is 0 Å². The minimum absolute atomic E-state index is 0.483. The van der Waals surface area contributed by atoms with Crippen LogP contribution in [0.3, 0.4) is 0 Å². The summed E-state index contributed by atoms with van der Waals surface area (Å²) in [6, 6.07) is 2.49. The van der Waals surface area contributed by atoms with Gasteiger partial charge in [0.25, 0.3) is 0 Å². The molecule has 3 aromatic heterocycles. The number of hydrogen-bond donors (Lipinski definition) is 2. The van der Waals surface area contributed by atoms with Crippen molar-refractivity contribution in [2.75, 3.05) is 13.1 Å². The monoisotopic (exact) mass is 242 g/mol. The Bertz CT molecular complexity index is 691. The lowest BCUT2D eigenvalue weighted by Crippen LogP contribution is -2.29. The molecule has 0 spiro atoms. The predicted octanol–water partition coefficient (Wildman–Crippen LogP) is 1.23. The largest absolute Gasteiger partial charge is 0.317 e. The van der Waals surface area contributed by atoms with E-state index in [1.165, 1.54) is 0 Å². The summed E-state index contributed by atoms with van der Waals surface area (Å²) in [5, 5.41) is 12.0. The first kappa shape index (κ1) is 10.0. The molecule has 1 aliphatic rings. The Morgan fingerprint density at radius 3 is 3.00 bits per heavy atom. The number of hydrogen-bond acceptors (Lipinski definition) is 4. The van der Waals surface area contributed by atoms with Crippen LogP contribution in [-0.4, -0.2) is 38.1 Å². The topological polar surface area (TPSA) is 71.4 Å². The van der Waals surface area contributed by atoms with E-state index in [1.807, 2.05) is 6.07 Å². The van der Waals surface area contributed by atoms with E-state index < -0.39 is 0 Å². The van der Waals surface area contributed by atoms with Gasteiger partial charge in [0.1, 0.15) is 5.52 Å². The average Bonchev–Trinajstić information content (AvgIpc) is 3.05. The van der Waals surface area contributed by atoms with Crippen LogP contribution >= 0.6 is 0 Å². The van der Waals surface area contributed by atoms with Crippen molar-refractivity contribution < 1.29 is 0 Å². The average molecular weight is 242 g/mol. The molecule has 0 bridgehead atoms. The van der Waals surface area contributed by atoms with E-state index in [0.717, 1.165) is 48.0 Å². The number of fused-ring (bicyclic) bond motifs is 3. The molecule has 0 radical (unpaired) electrons. The number of nitrogens with one attached hydrogen (secondary N) is 2. The summed E-state index contributed by atoms with van der Waals surface area (Å²) in [4.78, 5) is 8.56. The summed E-state index contributed by atoms with van der Waals surface area (Å²) in [5.74, 6) is 0. The number of H-pyrrole nitrogens is 1. The summed E-state index contributed by atoms with van der Waals surface area (Å²) >= 11 is 0. The van der Waals surface area contributed by atoms with Crippen molar-refractivity contribution in [1.29, 1.82) is 0 Å². The molecule has 18 heavy (non-hydrogen) atoms. The molecule has 92 valence electrons. The van der Waals surface area contributed by atoms with Gasteiger partial charge in [0, 0.05) is 11.6 Å². The normalized spacial score (nSPS) is 17.8. The van der Waals surface area contributed by atoms with Crippen molar-refractivity contribution in [3.05, 3.63) is 18.5 Å². The maximum Gasteiger partial charge on any atom is 0.161 e. The van der Waals surface area contributed by atoms with Gasteiger partial charge in [-0.25, -0.2) is 15.2 Å². The molecular weight excluding hydrogens is 228 g/mol. The van der Waals surface area contributed by atoms with Crippen LogP contribution in [0.5, 0.6) is 0 Å². The van der Waals surface area contributed by atoms with Gasteiger partial charge in [-0.05, 0) is 32.0 Å². The van der Waals surface area contributed by atoms with Gasteiger partial charge in [0.05, 0.1) is 17.8 Å². The standard InChI is InChI=1S/C12H14N6/c1-4-13-5-2-8(1)18-11-9-3-6-14-12(9)15-7-10(11)16-17-18/h3,6-8,13,17H,1-2,4-5H2. The first-order chi connectivity index (χ1) is 8.93. The molecule has 4 heterocycles. The molecule has 3 aromatic rings. The van der Waals surface area contributed by atoms with Gasteiger partial charge in [-0.1, -0.05) is 0 Å². The fourth-order valence-electron chi connectivity index (χ4n) is 2.76. The first-order valence-corrected chi connectivity index (χ1v) is 6.30. The number of rotatable bonds is 1. The van der Waals surface area contributed by atoms with E-state index in [0.29, 0.717) is 6.04 Å². The minimum Gasteiger partial charge on any atom is -0.317 e. The zero-order valence-corrected chi connectivity index (χ0v) is 9.93. The van der Waals surface area contributed by atoms with Gasteiger partial charge in [0.15, 0.2) is 5.65 Å². The second-order valence-electron chi connectivity index (χ2n) is 4.74. The highest BCUT2D eigenvalue weighted by Crippen LogP contribution is 2.26. The second-order valence-corrected chi connectivity index (χ2v) is 4.74. The molecule has 1 aliphatic heterocycles. The molecule has 0 aliphatic carbocycles. The van der Waals surface area contributed by atoms with Gasteiger partial charge in [-0.15, -0.1) is 0 Å². The maximum absolute atomic E-state index is 4.35. The van der Waals surface area contributed by atoms with Gasteiger partial charge in [0.2, 0.25) is 0 Å². The molecule has 1 fully saturated rings. The van der Waals surface area contributed by atoms with Crippen molar-refractivity contribution >= 4 is 22.1 Å². The lowest BCUT2D eigenvalue weighted by atomic mass is 10.1. The summed E-state index contributed by atoms with van der Waals surface area (Å²) in [5.41, 5.74) is 2.84. The zero-order valence-electron chi connectivity index (χ0n) is 9.93. The SMILES string of the molecule is c1cc2c(n1)ncc1n[nH]n(C3CCNCC3)c12. The van der Waals surface area contributed by atoms with Gasteiger partial charge < -0.3 is 5.32 Å². The van der Waals surface area contributed by atoms with Gasteiger partial charge >= 0.3 is 0 Å². The Labute approximate surface area is 103 Å². The molecular formula is C12H14N6.